The Morgan fingerprint density at radius 2 is 1.92 bits per heavy atom. The molecule has 3 nitrogen and oxygen atoms in total. The number of phenols is 1. The van der Waals surface area contributed by atoms with Crippen LogP contribution < -0.4 is 5.63 Å². The van der Waals surface area contributed by atoms with Crippen molar-refractivity contribution in [2.45, 2.75) is 0 Å². The van der Waals surface area contributed by atoms with E-state index in [-0.39, 0.29) is 11.3 Å². The second kappa shape index (κ2) is 2.88. The summed E-state index contributed by atoms with van der Waals surface area (Å²) in [6.45, 7) is 0. The van der Waals surface area contributed by atoms with Gasteiger partial charge >= 0.3 is 5.63 Å². The molecule has 1 aromatic heterocycles. The van der Waals surface area contributed by atoms with E-state index in [1.165, 1.54) is 6.07 Å². The highest BCUT2D eigenvalue weighted by molar-refractivity contribution is 9.10. The average molecular weight is 241 g/mol. The van der Waals surface area contributed by atoms with Gasteiger partial charge in [0.1, 0.15) is 0 Å². The Morgan fingerprint density at radius 1 is 1.23 bits per heavy atom. The second-order valence-corrected chi connectivity index (χ2v) is 3.42. The van der Waals surface area contributed by atoms with Gasteiger partial charge in [-0.25, -0.2) is 4.79 Å². The maximum atomic E-state index is 10.9. The molecular formula is C9H5BrO3. The number of halogens is 1. The van der Waals surface area contributed by atoms with Gasteiger partial charge in [0.05, 0.1) is 4.47 Å². The number of phenolic OH excluding ortho intramolecular Hbond substituents is 1. The van der Waals surface area contributed by atoms with Crippen molar-refractivity contribution in [2.75, 3.05) is 0 Å². The van der Waals surface area contributed by atoms with Gasteiger partial charge < -0.3 is 9.52 Å². The third-order valence-corrected chi connectivity index (χ3v) is 2.35. The molecule has 0 radical (unpaired) electrons. The van der Waals surface area contributed by atoms with Crippen LogP contribution in [0.5, 0.6) is 5.75 Å². The topological polar surface area (TPSA) is 50.4 Å². The predicted molar refractivity (Wildman–Crippen MR) is 51.8 cm³/mol. The smallest absolute Gasteiger partial charge is 0.336 e. The molecule has 1 aromatic carbocycles. The van der Waals surface area contributed by atoms with Crippen LogP contribution in [0.3, 0.4) is 0 Å². The molecule has 2 rings (SSSR count). The summed E-state index contributed by atoms with van der Waals surface area (Å²) < 4.78 is 5.35. The molecule has 0 unspecified atom stereocenters. The Labute approximate surface area is 81.7 Å². The van der Waals surface area contributed by atoms with Crippen molar-refractivity contribution in [3.63, 3.8) is 0 Å². The lowest BCUT2D eigenvalue weighted by atomic mass is 10.2. The van der Waals surface area contributed by atoms with Crippen molar-refractivity contribution in [2.24, 2.45) is 0 Å². The number of hydrogen-bond donors (Lipinski definition) is 1. The molecule has 0 atom stereocenters. The van der Waals surface area contributed by atoms with E-state index in [0.29, 0.717) is 9.86 Å². The first-order valence-corrected chi connectivity index (χ1v) is 4.39. The molecule has 66 valence electrons. The second-order valence-electron chi connectivity index (χ2n) is 2.57. The first kappa shape index (κ1) is 8.31. The molecule has 0 aliphatic heterocycles. The van der Waals surface area contributed by atoms with Crippen LogP contribution in [0, 0.1) is 0 Å². The van der Waals surface area contributed by atoms with E-state index in [0.717, 1.165) is 0 Å². The summed E-state index contributed by atoms with van der Waals surface area (Å²) in [4.78, 5) is 10.9. The van der Waals surface area contributed by atoms with Crippen molar-refractivity contribution >= 4 is 26.9 Å². The van der Waals surface area contributed by atoms with E-state index in [4.69, 9.17) is 4.42 Å². The predicted octanol–water partition coefficient (Wildman–Crippen LogP) is 2.26. The molecular weight excluding hydrogens is 236 g/mol. The molecule has 13 heavy (non-hydrogen) atoms. The Hall–Kier alpha value is -1.29. The van der Waals surface area contributed by atoms with E-state index < -0.39 is 5.63 Å². The fourth-order valence-electron chi connectivity index (χ4n) is 1.09. The first-order valence-electron chi connectivity index (χ1n) is 3.60. The van der Waals surface area contributed by atoms with Crippen molar-refractivity contribution in [3.05, 3.63) is 39.2 Å². The van der Waals surface area contributed by atoms with Crippen LogP contribution in [-0.2, 0) is 0 Å². The zero-order chi connectivity index (χ0) is 9.42. The van der Waals surface area contributed by atoms with Gasteiger partial charge in [0, 0.05) is 11.5 Å². The standard InChI is InChI=1S/C9H5BrO3/c10-6-3-1-5-2-4-7(11)13-9(5)8(6)12/h1-4,12H. The maximum Gasteiger partial charge on any atom is 0.336 e. The monoisotopic (exact) mass is 240 g/mol. The van der Waals surface area contributed by atoms with E-state index >= 15 is 0 Å². The molecule has 0 aliphatic rings. The van der Waals surface area contributed by atoms with Gasteiger partial charge in [-0.3, -0.25) is 0 Å². The van der Waals surface area contributed by atoms with E-state index in [1.54, 1.807) is 18.2 Å². The van der Waals surface area contributed by atoms with Gasteiger partial charge in [-0.1, -0.05) is 0 Å². The van der Waals surface area contributed by atoms with E-state index in [1.807, 2.05) is 0 Å². The number of benzene rings is 1. The summed E-state index contributed by atoms with van der Waals surface area (Å²) >= 11 is 3.13. The molecule has 0 fully saturated rings. The molecule has 0 saturated carbocycles. The molecule has 0 spiro atoms. The largest absolute Gasteiger partial charge is 0.503 e. The van der Waals surface area contributed by atoms with Crippen LogP contribution in [0.2, 0.25) is 0 Å². The molecule has 1 heterocycles. The lowest BCUT2D eigenvalue weighted by molar-refractivity contribution is 0.454. The summed E-state index contributed by atoms with van der Waals surface area (Å²) in [6, 6.07) is 6.36. The molecule has 4 heteroatoms. The fraction of sp³-hybridized carbons (Fsp3) is 0. The summed E-state index contributed by atoms with van der Waals surface area (Å²) in [6.07, 6.45) is 0. The van der Waals surface area contributed by atoms with Gasteiger partial charge in [0.2, 0.25) is 0 Å². The minimum Gasteiger partial charge on any atom is -0.503 e. The highest BCUT2D eigenvalue weighted by Crippen LogP contribution is 2.31. The van der Waals surface area contributed by atoms with Crippen LogP contribution in [0.4, 0.5) is 0 Å². The number of aromatic hydroxyl groups is 1. The number of rotatable bonds is 0. The number of hydrogen-bond acceptors (Lipinski definition) is 3. The summed E-state index contributed by atoms with van der Waals surface area (Å²) in [7, 11) is 0. The molecule has 0 bridgehead atoms. The quantitative estimate of drug-likeness (QED) is 0.719. The van der Waals surface area contributed by atoms with Crippen molar-refractivity contribution in [1.29, 1.82) is 0 Å². The van der Waals surface area contributed by atoms with Crippen LogP contribution in [0.25, 0.3) is 11.0 Å². The maximum absolute atomic E-state index is 10.9. The minimum absolute atomic E-state index is 0.0461. The summed E-state index contributed by atoms with van der Waals surface area (Å²) in [5.41, 5.74) is -0.261. The van der Waals surface area contributed by atoms with Gasteiger partial charge in [-0.15, -0.1) is 0 Å². The minimum atomic E-state index is -0.471. The molecule has 1 N–H and O–H groups in total. The zero-order valence-corrected chi connectivity index (χ0v) is 8.04. The van der Waals surface area contributed by atoms with E-state index in [9.17, 15) is 9.90 Å². The van der Waals surface area contributed by atoms with Crippen molar-refractivity contribution in [3.8, 4) is 5.75 Å². The normalized spacial score (nSPS) is 10.5. The van der Waals surface area contributed by atoms with E-state index in [2.05, 4.69) is 15.9 Å². The van der Waals surface area contributed by atoms with Gasteiger partial charge in [-0.2, -0.15) is 0 Å². The van der Waals surface area contributed by atoms with Crippen LogP contribution in [0.1, 0.15) is 0 Å². The highest BCUT2D eigenvalue weighted by Gasteiger charge is 2.06. The Morgan fingerprint density at radius 3 is 2.69 bits per heavy atom. The number of fused-ring (bicyclic) bond motifs is 1. The average Bonchev–Trinajstić information content (AvgIpc) is 2.12. The third kappa shape index (κ3) is 1.33. The lowest BCUT2D eigenvalue weighted by Gasteiger charge is -1.99. The van der Waals surface area contributed by atoms with Gasteiger partial charge in [0.15, 0.2) is 11.3 Å². The van der Waals surface area contributed by atoms with Gasteiger partial charge in [-0.05, 0) is 34.1 Å². The third-order valence-electron chi connectivity index (χ3n) is 1.71. The molecule has 2 aromatic rings. The Balaban J connectivity index is 2.97. The zero-order valence-electron chi connectivity index (χ0n) is 6.45. The molecule has 0 saturated heterocycles. The fourth-order valence-corrected chi connectivity index (χ4v) is 1.41. The van der Waals surface area contributed by atoms with Crippen molar-refractivity contribution in [1.82, 2.24) is 0 Å². The van der Waals surface area contributed by atoms with Crippen LogP contribution in [-0.4, -0.2) is 5.11 Å². The van der Waals surface area contributed by atoms with Crippen molar-refractivity contribution < 1.29 is 9.52 Å². The highest BCUT2D eigenvalue weighted by atomic mass is 79.9. The van der Waals surface area contributed by atoms with Gasteiger partial charge in [0.25, 0.3) is 0 Å². The molecule has 0 aliphatic carbocycles. The first-order chi connectivity index (χ1) is 6.18. The summed E-state index contributed by atoms with van der Waals surface area (Å²) in [5.74, 6) is -0.0461. The SMILES string of the molecule is O=c1ccc2ccc(Br)c(O)c2o1. The van der Waals surface area contributed by atoms with Crippen LogP contribution in [0.15, 0.2) is 37.9 Å². The Kier molecular flexibility index (Phi) is 1.84. The summed E-state index contributed by atoms with van der Waals surface area (Å²) in [5, 5.41) is 10.2. The molecule has 0 amide bonds. The Bertz CT molecular complexity index is 516. The lowest BCUT2D eigenvalue weighted by Crippen LogP contribution is -1.94. The van der Waals surface area contributed by atoms with Crippen LogP contribution >= 0.6 is 15.9 Å².